The molecular formula is C44H56N6O10S2+2. The van der Waals surface area contributed by atoms with Gasteiger partial charge in [0.05, 0.1) is 26.4 Å². The van der Waals surface area contributed by atoms with Gasteiger partial charge in [-0.1, -0.05) is 64.6 Å². The number of aliphatic hydroxyl groups is 4. The van der Waals surface area contributed by atoms with E-state index in [2.05, 4.69) is 22.2 Å². The van der Waals surface area contributed by atoms with Crippen LogP contribution in [0, 0.1) is 0 Å². The van der Waals surface area contributed by atoms with Crippen molar-refractivity contribution >= 4 is 80.7 Å². The molecule has 2 atom stereocenters. The summed E-state index contributed by atoms with van der Waals surface area (Å²) in [5, 5.41) is 61.9. The van der Waals surface area contributed by atoms with Crippen molar-refractivity contribution in [3.05, 3.63) is 121 Å². The number of amides is 2. The molecule has 2 unspecified atom stereocenters. The van der Waals surface area contributed by atoms with Crippen molar-refractivity contribution < 1.29 is 59.4 Å². The molecule has 3 aromatic rings. The average Bonchev–Trinajstić information content (AvgIpc) is 3.26. The first kappa shape index (κ1) is 50.6. The molecule has 2 aromatic carbocycles. The molecule has 9 N–H and O–H groups in total. The highest BCUT2D eigenvalue weighted by molar-refractivity contribution is 8.76. The van der Waals surface area contributed by atoms with Gasteiger partial charge in [0, 0.05) is 79.4 Å². The minimum absolute atomic E-state index is 0.0432. The number of carbonyl (C=O) groups is 4. The van der Waals surface area contributed by atoms with E-state index in [1.54, 1.807) is 41.1 Å². The first-order valence-corrected chi connectivity index (χ1v) is 22.2. The van der Waals surface area contributed by atoms with Gasteiger partial charge in [-0.15, -0.1) is 0 Å². The Morgan fingerprint density at radius 3 is 1.66 bits per heavy atom. The summed E-state index contributed by atoms with van der Waals surface area (Å²) in [6, 6.07) is 17.9. The van der Waals surface area contributed by atoms with Crippen LogP contribution in [0.2, 0.25) is 0 Å². The second-order valence-corrected chi connectivity index (χ2v) is 15.9. The second kappa shape index (κ2) is 28.7. The molecule has 0 fully saturated rings. The Labute approximate surface area is 369 Å². The van der Waals surface area contributed by atoms with Crippen molar-refractivity contribution in [2.24, 2.45) is 0 Å². The third-order valence-corrected chi connectivity index (χ3v) is 11.3. The zero-order chi connectivity index (χ0) is 45.1. The molecule has 0 saturated carbocycles. The third-order valence-electron chi connectivity index (χ3n) is 8.87. The quantitative estimate of drug-likeness (QED) is 0.0149. The molecular weight excluding hydrogens is 837 g/mol. The Bertz CT molecular complexity index is 2000. The third kappa shape index (κ3) is 18.5. The highest BCUT2D eigenvalue weighted by Crippen LogP contribution is 2.23. The maximum atomic E-state index is 13.0. The molecule has 0 bridgehead atoms. The number of carboxylic acids is 2. The summed E-state index contributed by atoms with van der Waals surface area (Å²) in [6.07, 6.45) is 13.9. The number of hydrogen-bond acceptors (Lipinski definition) is 12. The number of rotatable bonds is 29. The minimum Gasteiger partial charge on any atom is -0.480 e. The van der Waals surface area contributed by atoms with Crippen LogP contribution in [0.15, 0.2) is 104 Å². The molecule has 62 heavy (non-hydrogen) atoms. The highest BCUT2D eigenvalue weighted by Gasteiger charge is 2.25. The number of allylic oxidation sites excluding steroid dienone is 4. The van der Waals surface area contributed by atoms with Crippen molar-refractivity contribution in [2.75, 3.05) is 80.5 Å². The smallest absolute Gasteiger partial charge is 0.327 e. The zero-order valence-corrected chi connectivity index (χ0v) is 35.9. The fraction of sp³-hybridized carbons (Fsp3) is 0.318. The molecule has 0 aliphatic carbocycles. The maximum Gasteiger partial charge on any atom is 0.327 e. The fourth-order valence-corrected chi connectivity index (χ4v) is 8.03. The molecule has 0 aliphatic heterocycles. The molecule has 2 amide bonds. The van der Waals surface area contributed by atoms with Gasteiger partial charge in [-0.2, -0.15) is 4.57 Å². The predicted octanol–water partition coefficient (Wildman–Crippen LogP) is 0.224. The molecule has 3 rings (SSSR count). The van der Waals surface area contributed by atoms with E-state index in [-0.39, 0.29) is 51.0 Å². The number of carbonyl (C=O) groups excluding carboxylic acids is 2. The normalized spacial score (nSPS) is 12.7. The molecule has 0 radical (unpaired) electrons. The van der Waals surface area contributed by atoms with Crippen molar-refractivity contribution in [3.63, 3.8) is 0 Å². The number of aliphatic carboxylic acids is 2. The van der Waals surface area contributed by atoms with Crippen LogP contribution in [0.4, 0.5) is 11.4 Å². The molecule has 1 heterocycles. The molecule has 0 saturated heterocycles. The lowest BCUT2D eigenvalue weighted by Crippen LogP contribution is -2.76. The largest absolute Gasteiger partial charge is 0.480 e. The van der Waals surface area contributed by atoms with Gasteiger partial charge in [-0.05, 0) is 53.6 Å². The van der Waals surface area contributed by atoms with E-state index in [1.165, 1.54) is 0 Å². The van der Waals surface area contributed by atoms with E-state index in [0.717, 1.165) is 44.1 Å². The highest BCUT2D eigenvalue weighted by atomic mass is 33.1. The van der Waals surface area contributed by atoms with E-state index in [1.807, 2.05) is 88.7 Å². The number of pyridine rings is 1. The van der Waals surface area contributed by atoms with Gasteiger partial charge in [0.1, 0.15) is 12.1 Å². The maximum absolute atomic E-state index is 13.0. The van der Waals surface area contributed by atoms with Crippen LogP contribution in [0.1, 0.15) is 16.8 Å². The summed E-state index contributed by atoms with van der Waals surface area (Å²) in [5.41, 5.74) is 4.65. The molecule has 0 spiro atoms. The Morgan fingerprint density at radius 1 is 0.677 bits per heavy atom. The number of aromatic nitrogens is 1. The molecule has 332 valence electrons. The van der Waals surface area contributed by atoms with Crippen LogP contribution in [-0.4, -0.2) is 143 Å². The van der Waals surface area contributed by atoms with Gasteiger partial charge in [0.2, 0.25) is 18.8 Å². The summed E-state index contributed by atoms with van der Waals surface area (Å²) >= 11 is 0. The summed E-state index contributed by atoms with van der Waals surface area (Å²) < 4.78 is 1.67. The second-order valence-electron chi connectivity index (χ2n) is 13.4. The lowest BCUT2D eigenvalue weighted by Gasteiger charge is -2.22. The summed E-state index contributed by atoms with van der Waals surface area (Å²) in [7, 11) is 2.11. The van der Waals surface area contributed by atoms with E-state index in [9.17, 15) is 49.8 Å². The van der Waals surface area contributed by atoms with Crippen LogP contribution in [-0.2, 0) is 25.7 Å². The summed E-state index contributed by atoms with van der Waals surface area (Å²) in [4.78, 5) is 56.6. The van der Waals surface area contributed by atoms with Gasteiger partial charge < -0.3 is 51.1 Å². The number of nitrogens with zero attached hydrogens (tertiary/aromatic N) is 3. The fourth-order valence-electron chi connectivity index (χ4n) is 5.72. The van der Waals surface area contributed by atoms with Crippen molar-refractivity contribution in [2.45, 2.75) is 18.6 Å². The van der Waals surface area contributed by atoms with Crippen LogP contribution >= 0.6 is 21.6 Å². The molecule has 0 aliphatic rings. The Morgan fingerprint density at radius 2 is 1.18 bits per heavy atom. The van der Waals surface area contributed by atoms with Gasteiger partial charge in [0.25, 0.3) is 11.8 Å². The number of nitrogens with one attached hydrogen (secondary N) is 3. The van der Waals surface area contributed by atoms with Crippen LogP contribution in [0.5, 0.6) is 0 Å². The van der Waals surface area contributed by atoms with E-state index in [4.69, 9.17) is 0 Å². The van der Waals surface area contributed by atoms with Crippen molar-refractivity contribution in [3.8, 4) is 0 Å². The number of anilines is 2. The van der Waals surface area contributed by atoms with E-state index in [0.29, 0.717) is 37.6 Å². The first-order valence-electron chi connectivity index (χ1n) is 19.7. The standard InChI is InChI=1S/C44H54N6O10S2/c1-2-3-6-35(14-8-33-10-16-37(17-11-33)48(21-25-51)22-26-52)45-29-41(55)46-39(43(57)58)31-61-62-32-40(44(59)60)47-42(56)30-50-20-5-4-7-36(50)15-9-34-12-18-38(19-13-34)49(23-27-53)24-28-54/h2-20,39-40,51-54H,1,21-32H2,(H3-,46,47,55,56,57,58,59,60)/p+2/b6-3-,14-8+,45-35?. The molecule has 18 heteroatoms. The monoisotopic (exact) mass is 892 g/mol. The van der Waals surface area contributed by atoms with Gasteiger partial charge in [-0.3, -0.25) is 9.59 Å². The molecule has 1 aromatic heterocycles. The van der Waals surface area contributed by atoms with Gasteiger partial charge >= 0.3 is 11.9 Å². The number of hydrogen-bond donors (Lipinski definition) is 9. The van der Waals surface area contributed by atoms with Crippen LogP contribution in [0.3, 0.4) is 0 Å². The number of carboxylic acid groups (broad SMARTS) is 2. The van der Waals surface area contributed by atoms with Crippen molar-refractivity contribution in [1.29, 1.82) is 0 Å². The minimum atomic E-state index is -1.27. The Hall–Kier alpha value is -5.76. The number of aliphatic hydroxyl groups excluding tert-OH is 4. The lowest BCUT2D eigenvalue weighted by molar-refractivity contribution is -0.686. The van der Waals surface area contributed by atoms with Crippen molar-refractivity contribution in [1.82, 2.24) is 10.6 Å². The summed E-state index contributed by atoms with van der Waals surface area (Å²) in [5.74, 6) is -3.80. The van der Waals surface area contributed by atoms with Gasteiger partial charge in [-0.25, -0.2) is 14.6 Å². The van der Waals surface area contributed by atoms with Crippen LogP contribution in [0.25, 0.3) is 18.2 Å². The SMILES string of the molecule is C=C/C=C\C(/C=C/c1ccc(N(CCO)CCO)cc1)=[NH+]CC(=O)NC(CSSCC(NC(=O)C[n+]1ccccc1/C=C/c1ccc(N(CCO)CCO)cc1)C(=O)O)C(=O)O. The predicted molar refractivity (Wildman–Crippen MR) is 244 cm³/mol. The van der Waals surface area contributed by atoms with Crippen LogP contribution < -0.4 is 30.0 Å². The van der Waals surface area contributed by atoms with E-state index < -0.39 is 35.8 Å². The topological polar surface area (TPSA) is 238 Å². The summed E-state index contributed by atoms with van der Waals surface area (Å²) in [6.45, 7) is 4.62. The average molecular weight is 893 g/mol. The zero-order valence-electron chi connectivity index (χ0n) is 34.3. The van der Waals surface area contributed by atoms with E-state index >= 15 is 0 Å². The number of benzene rings is 2. The lowest BCUT2D eigenvalue weighted by atomic mass is 10.1. The first-order chi connectivity index (χ1) is 30.0. The Kier molecular flexibility index (Phi) is 23.4. The van der Waals surface area contributed by atoms with Gasteiger partial charge in [0.15, 0.2) is 11.9 Å². The molecule has 16 nitrogen and oxygen atoms in total. The Balaban J connectivity index is 1.53.